The molecular weight excluding hydrogens is 202 g/mol. The van der Waals surface area contributed by atoms with Gasteiger partial charge in [-0.25, -0.2) is 0 Å². The van der Waals surface area contributed by atoms with E-state index in [4.69, 9.17) is 12.2 Å². The molecule has 0 aliphatic carbocycles. The molecule has 0 spiro atoms. The van der Waals surface area contributed by atoms with Crippen LogP contribution >= 0.6 is 11.8 Å². The van der Waals surface area contributed by atoms with Crippen LogP contribution in [-0.4, -0.2) is 11.8 Å². The molecule has 80 valence electrons. The zero-order chi connectivity index (χ0) is 11.1. The van der Waals surface area contributed by atoms with Crippen molar-refractivity contribution in [1.82, 2.24) is 0 Å². The fraction of sp³-hybridized carbons (Fsp3) is 0.385. The van der Waals surface area contributed by atoms with Crippen molar-refractivity contribution < 1.29 is 0 Å². The van der Waals surface area contributed by atoms with Gasteiger partial charge in [0.05, 0.1) is 0 Å². The summed E-state index contributed by atoms with van der Waals surface area (Å²) in [5.74, 6) is 3.55. The predicted octanol–water partition coefficient (Wildman–Crippen LogP) is 2.83. The highest BCUT2D eigenvalue weighted by Gasteiger charge is 2.02. The molecule has 1 atom stereocenters. The smallest absolute Gasteiger partial charge is 0.0143 e. The number of aryl methyl sites for hydroxylation is 1. The van der Waals surface area contributed by atoms with Crippen LogP contribution in [0.4, 0.5) is 0 Å². The predicted molar refractivity (Wildman–Crippen MR) is 67.9 cm³/mol. The first-order valence-corrected chi connectivity index (χ1v) is 6.09. The third-order valence-corrected chi connectivity index (χ3v) is 3.30. The van der Waals surface area contributed by atoms with Crippen LogP contribution in [0.2, 0.25) is 0 Å². The van der Waals surface area contributed by atoms with Gasteiger partial charge >= 0.3 is 0 Å². The van der Waals surface area contributed by atoms with Gasteiger partial charge in [-0.3, -0.25) is 0 Å². The molecule has 0 aliphatic rings. The SMILES string of the molecule is C#CCCC(N)CSc1cccc(C)c1. The average molecular weight is 219 g/mol. The quantitative estimate of drug-likeness (QED) is 0.609. The summed E-state index contributed by atoms with van der Waals surface area (Å²) in [5.41, 5.74) is 7.22. The first-order chi connectivity index (χ1) is 7.22. The molecule has 0 aromatic heterocycles. The summed E-state index contributed by atoms with van der Waals surface area (Å²) in [6, 6.07) is 8.67. The third-order valence-electron chi connectivity index (χ3n) is 2.11. The minimum absolute atomic E-state index is 0.201. The van der Waals surface area contributed by atoms with Crippen LogP contribution in [0.5, 0.6) is 0 Å². The van der Waals surface area contributed by atoms with Crippen molar-refractivity contribution >= 4 is 11.8 Å². The van der Waals surface area contributed by atoms with Gasteiger partial charge in [-0.2, -0.15) is 0 Å². The Morgan fingerprint density at radius 1 is 1.53 bits per heavy atom. The van der Waals surface area contributed by atoms with E-state index in [2.05, 4.69) is 37.1 Å². The lowest BCUT2D eigenvalue weighted by Gasteiger charge is -2.09. The topological polar surface area (TPSA) is 26.0 Å². The summed E-state index contributed by atoms with van der Waals surface area (Å²) in [7, 11) is 0. The van der Waals surface area contributed by atoms with Crippen molar-refractivity contribution in [3.05, 3.63) is 29.8 Å². The standard InChI is InChI=1S/C13H17NS/c1-3-4-7-12(14)10-15-13-8-5-6-11(2)9-13/h1,5-6,8-9,12H,4,7,10,14H2,2H3. The summed E-state index contributed by atoms with van der Waals surface area (Å²) >= 11 is 1.80. The second-order valence-corrected chi connectivity index (χ2v) is 4.72. The number of rotatable bonds is 5. The van der Waals surface area contributed by atoms with Gasteiger partial charge in [-0.15, -0.1) is 24.1 Å². The van der Waals surface area contributed by atoms with Crippen LogP contribution in [0, 0.1) is 19.3 Å². The van der Waals surface area contributed by atoms with E-state index in [0.29, 0.717) is 0 Å². The molecule has 0 amide bonds. The van der Waals surface area contributed by atoms with E-state index in [0.717, 1.165) is 18.6 Å². The van der Waals surface area contributed by atoms with Gasteiger partial charge in [0, 0.05) is 23.1 Å². The van der Waals surface area contributed by atoms with Crippen molar-refractivity contribution in [2.75, 3.05) is 5.75 Å². The summed E-state index contributed by atoms with van der Waals surface area (Å²) in [6.45, 7) is 2.10. The molecule has 1 aromatic carbocycles. The van der Waals surface area contributed by atoms with Gasteiger partial charge in [0.25, 0.3) is 0 Å². The average Bonchev–Trinajstić information content (AvgIpc) is 2.23. The van der Waals surface area contributed by atoms with E-state index in [1.807, 2.05) is 0 Å². The second-order valence-electron chi connectivity index (χ2n) is 3.63. The molecule has 1 aromatic rings. The Morgan fingerprint density at radius 2 is 2.33 bits per heavy atom. The van der Waals surface area contributed by atoms with Gasteiger partial charge in [0.1, 0.15) is 0 Å². The van der Waals surface area contributed by atoms with E-state index < -0.39 is 0 Å². The van der Waals surface area contributed by atoms with Gasteiger partial charge < -0.3 is 5.73 Å². The Morgan fingerprint density at radius 3 is 3.00 bits per heavy atom. The molecule has 0 saturated carbocycles. The molecule has 1 nitrogen and oxygen atoms in total. The molecule has 2 N–H and O–H groups in total. The zero-order valence-electron chi connectivity index (χ0n) is 9.07. The maximum absolute atomic E-state index is 5.93. The molecule has 0 aliphatic heterocycles. The minimum atomic E-state index is 0.201. The van der Waals surface area contributed by atoms with E-state index >= 15 is 0 Å². The highest BCUT2D eigenvalue weighted by atomic mass is 32.2. The molecule has 0 saturated heterocycles. The largest absolute Gasteiger partial charge is 0.327 e. The number of hydrogen-bond donors (Lipinski definition) is 1. The lowest BCUT2D eigenvalue weighted by Crippen LogP contribution is -2.22. The number of terminal acetylenes is 1. The van der Waals surface area contributed by atoms with Gasteiger partial charge in [0.2, 0.25) is 0 Å². The van der Waals surface area contributed by atoms with Crippen molar-refractivity contribution in [3.63, 3.8) is 0 Å². The van der Waals surface area contributed by atoms with Crippen LogP contribution in [0.3, 0.4) is 0 Å². The lowest BCUT2D eigenvalue weighted by atomic mass is 10.2. The monoisotopic (exact) mass is 219 g/mol. The van der Waals surface area contributed by atoms with Gasteiger partial charge in [-0.1, -0.05) is 17.7 Å². The molecule has 0 fully saturated rings. The summed E-state index contributed by atoms with van der Waals surface area (Å²) in [5, 5.41) is 0. The normalized spacial score (nSPS) is 12.1. The molecule has 1 rings (SSSR count). The third kappa shape index (κ3) is 4.92. The van der Waals surface area contributed by atoms with Crippen molar-refractivity contribution in [2.24, 2.45) is 5.73 Å². The second kappa shape index (κ2) is 6.55. The maximum Gasteiger partial charge on any atom is 0.0143 e. The van der Waals surface area contributed by atoms with E-state index in [-0.39, 0.29) is 6.04 Å². The van der Waals surface area contributed by atoms with E-state index in [9.17, 15) is 0 Å². The van der Waals surface area contributed by atoms with Crippen molar-refractivity contribution in [2.45, 2.75) is 30.7 Å². The van der Waals surface area contributed by atoms with Gasteiger partial charge in [-0.05, 0) is 25.5 Å². The van der Waals surface area contributed by atoms with E-state index in [1.165, 1.54) is 10.5 Å². The highest BCUT2D eigenvalue weighted by Crippen LogP contribution is 2.20. The van der Waals surface area contributed by atoms with Crippen LogP contribution in [0.25, 0.3) is 0 Å². The zero-order valence-corrected chi connectivity index (χ0v) is 9.89. The Labute approximate surface area is 96.4 Å². The summed E-state index contributed by atoms with van der Waals surface area (Å²) in [4.78, 5) is 1.28. The molecule has 0 heterocycles. The number of thioether (sulfide) groups is 1. The van der Waals surface area contributed by atoms with Crippen molar-refractivity contribution in [1.29, 1.82) is 0 Å². The Kier molecular flexibility index (Phi) is 5.31. The van der Waals surface area contributed by atoms with Crippen molar-refractivity contribution in [3.8, 4) is 12.3 Å². The Bertz CT molecular complexity index is 341. The lowest BCUT2D eigenvalue weighted by molar-refractivity contribution is 0.692. The maximum atomic E-state index is 5.93. The molecule has 2 heteroatoms. The molecule has 0 bridgehead atoms. The molecule has 0 radical (unpaired) electrons. The fourth-order valence-corrected chi connectivity index (χ4v) is 2.28. The van der Waals surface area contributed by atoms with Gasteiger partial charge in [0.15, 0.2) is 0 Å². The van der Waals surface area contributed by atoms with Crippen LogP contribution < -0.4 is 5.73 Å². The molecule has 1 unspecified atom stereocenters. The molecular formula is C13H17NS. The minimum Gasteiger partial charge on any atom is -0.327 e. The highest BCUT2D eigenvalue weighted by molar-refractivity contribution is 7.99. The number of benzene rings is 1. The summed E-state index contributed by atoms with van der Waals surface area (Å²) < 4.78 is 0. The summed E-state index contributed by atoms with van der Waals surface area (Å²) in [6.07, 6.45) is 6.88. The Hall–Kier alpha value is -0.910. The fourth-order valence-electron chi connectivity index (χ4n) is 1.26. The van der Waals surface area contributed by atoms with E-state index in [1.54, 1.807) is 11.8 Å². The first kappa shape index (κ1) is 12.2. The molecule has 15 heavy (non-hydrogen) atoms. The van der Waals surface area contributed by atoms with Crippen LogP contribution in [-0.2, 0) is 0 Å². The number of nitrogens with two attached hydrogens (primary N) is 1. The van der Waals surface area contributed by atoms with Crippen LogP contribution in [0.15, 0.2) is 29.2 Å². The first-order valence-electron chi connectivity index (χ1n) is 5.11. The number of hydrogen-bond acceptors (Lipinski definition) is 2. The Balaban J connectivity index is 2.34. The van der Waals surface area contributed by atoms with Crippen LogP contribution in [0.1, 0.15) is 18.4 Å².